The van der Waals surface area contributed by atoms with Crippen LogP contribution in [0.4, 0.5) is 4.39 Å². The van der Waals surface area contributed by atoms with E-state index in [1.165, 1.54) is 0 Å². The van der Waals surface area contributed by atoms with E-state index in [1.54, 1.807) is 6.20 Å². The molecule has 0 aliphatic carbocycles. The van der Waals surface area contributed by atoms with E-state index in [2.05, 4.69) is 10.4 Å². The van der Waals surface area contributed by atoms with Crippen LogP contribution in [-0.2, 0) is 13.0 Å². The van der Waals surface area contributed by atoms with E-state index in [1.807, 2.05) is 17.8 Å². The maximum absolute atomic E-state index is 14.6. The van der Waals surface area contributed by atoms with Crippen molar-refractivity contribution in [1.29, 1.82) is 0 Å². The summed E-state index contributed by atoms with van der Waals surface area (Å²) < 4.78 is 16.4. The molecule has 1 unspecified atom stereocenters. The Morgan fingerprint density at radius 2 is 2.38 bits per heavy atom. The van der Waals surface area contributed by atoms with Gasteiger partial charge in [-0.15, -0.1) is 0 Å². The van der Waals surface area contributed by atoms with Gasteiger partial charge in [0.1, 0.15) is 5.67 Å². The van der Waals surface area contributed by atoms with Gasteiger partial charge in [0, 0.05) is 19.2 Å². The van der Waals surface area contributed by atoms with E-state index < -0.39 is 5.67 Å². The third-order valence-corrected chi connectivity index (χ3v) is 3.26. The minimum atomic E-state index is -1.04. The maximum atomic E-state index is 14.6. The van der Waals surface area contributed by atoms with Crippen molar-refractivity contribution in [3.05, 3.63) is 18.0 Å². The molecule has 1 aromatic rings. The molecular weight excluding hydrogens is 205 g/mol. The van der Waals surface area contributed by atoms with Crippen molar-refractivity contribution in [2.75, 3.05) is 13.1 Å². The van der Waals surface area contributed by atoms with Crippen LogP contribution in [0.5, 0.6) is 0 Å². The Balaban J connectivity index is 2.00. The zero-order chi connectivity index (χ0) is 11.4. The first-order valence-corrected chi connectivity index (χ1v) is 6.13. The molecule has 1 fully saturated rings. The van der Waals surface area contributed by atoms with Gasteiger partial charge in [-0.05, 0) is 44.8 Å². The van der Waals surface area contributed by atoms with Gasteiger partial charge >= 0.3 is 0 Å². The predicted octanol–water partition coefficient (Wildman–Crippen LogP) is 1.93. The minimum absolute atomic E-state index is 0.509. The number of hydrogen-bond acceptors (Lipinski definition) is 2. The van der Waals surface area contributed by atoms with Crippen molar-refractivity contribution in [3.63, 3.8) is 0 Å². The monoisotopic (exact) mass is 225 g/mol. The standard InChI is InChI=1S/C12H20FN3/c1-2-16-10-11(9-15-16)8-12(13)4-3-6-14-7-5-12/h9-10,14H,2-8H2,1H3. The van der Waals surface area contributed by atoms with Crippen molar-refractivity contribution in [2.24, 2.45) is 0 Å². The summed E-state index contributed by atoms with van der Waals surface area (Å²) in [5.41, 5.74) is -0.0169. The molecule has 0 amide bonds. The fourth-order valence-corrected chi connectivity index (χ4v) is 2.31. The number of halogens is 1. The van der Waals surface area contributed by atoms with E-state index in [0.717, 1.165) is 31.6 Å². The lowest BCUT2D eigenvalue weighted by Crippen LogP contribution is -2.27. The molecule has 0 bridgehead atoms. The highest BCUT2D eigenvalue weighted by Gasteiger charge is 2.30. The molecule has 90 valence electrons. The fourth-order valence-electron chi connectivity index (χ4n) is 2.31. The van der Waals surface area contributed by atoms with Gasteiger partial charge < -0.3 is 5.32 Å². The number of rotatable bonds is 3. The molecule has 2 heterocycles. The summed E-state index contributed by atoms with van der Waals surface area (Å²) in [4.78, 5) is 0. The number of aryl methyl sites for hydroxylation is 1. The molecule has 2 rings (SSSR count). The SMILES string of the molecule is CCn1cc(CC2(F)CCCNCC2)cn1. The lowest BCUT2D eigenvalue weighted by molar-refractivity contribution is 0.144. The summed E-state index contributed by atoms with van der Waals surface area (Å²) in [5.74, 6) is 0. The molecule has 1 aromatic heterocycles. The summed E-state index contributed by atoms with van der Waals surface area (Å²) in [6.07, 6.45) is 6.47. The molecule has 1 aliphatic heterocycles. The summed E-state index contributed by atoms with van der Waals surface area (Å²) in [6, 6.07) is 0. The van der Waals surface area contributed by atoms with E-state index in [4.69, 9.17) is 0 Å². The van der Waals surface area contributed by atoms with Gasteiger partial charge in [0.2, 0.25) is 0 Å². The molecular formula is C12H20FN3. The molecule has 4 heteroatoms. The molecule has 0 radical (unpaired) electrons. The van der Waals surface area contributed by atoms with E-state index in [0.29, 0.717) is 19.3 Å². The molecule has 3 nitrogen and oxygen atoms in total. The highest BCUT2D eigenvalue weighted by molar-refractivity contribution is 5.09. The third-order valence-electron chi connectivity index (χ3n) is 3.26. The van der Waals surface area contributed by atoms with Crippen molar-refractivity contribution >= 4 is 0 Å². The topological polar surface area (TPSA) is 29.9 Å². The average molecular weight is 225 g/mol. The first kappa shape index (κ1) is 11.6. The largest absolute Gasteiger partial charge is 0.317 e. The summed E-state index contributed by atoms with van der Waals surface area (Å²) in [5, 5.41) is 7.43. The zero-order valence-corrected chi connectivity index (χ0v) is 9.88. The van der Waals surface area contributed by atoms with E-state index in [9.17, 15) is 4.39 Å². The number of alkyl halides is 1. The van der Waals surface area contributed by atoms with Crippen LogP contribution < -0.4 is 5.32 Å². The predicted molar refractivity (Wildman–Crippen MR) is 62.2 cm³/mol. The smallest absolute Gasteiger partial charge is 0.116 e. The zero-order valence-electron chi connectivity index (χ0n) is 9.88. The van der Waals surface area contributed by atoms with Crippen molar-refractivity contribution in [3.8, 4) is 0 Å². The van der Waals surface area contributed by atoms with E-state index >= 15 is 0 Å². The van der Waals surface area contributed by atoms with E-state index in [-0.39, 0.29) is 0 Å². The normalized spacial score (nSPS) is 26.6. The lowest BCUT2D eigenvalue weighted by Gasteiger charge is -2.22. The van der Waals surface area contributed by atoms with Crippen molar-refractivity contribution in [2.45, 2.75) is 44.8 Å². The highest BCUT2D eigenvalue weighted by Crippen LogP contribution is 2.28. The van der Waals surface area contributed by atoms with Crippen molar-refractivity contribution in [1.82, 2.24) is 15.1 Å². The summed E-state index contributed by atoms with van der Waals surface area (Å²) in [6.45, 7) is 4.62. The number of nitrogens with one attached hydrogen (secondary N) is 1. The average Bonchev–Trinajstić information content (AvgIpc) is 2.60. The molecule has 0 aromatic carbocycles. The number of aromatic nitrogens is 2. The molecule has 1 saturated heterocycles. The van der Waals surface area contributed by atoms with Crippen LogP contribution in [0, 0.1) is 0 Å². The number of hydrogen-bond donors (Lipinski definition) is 1. The molecule has 1 N–H and O–H groups in total. The first-order valence-electron chi connectivity index (χ1n) is 6.13. The van der Waals surface area contributed by atoms with Gasteiger partial charge in [0.05, 0.1) is 6.20 Å². The van der Waals surface area contributed by atoms with Crippen LogP contribution in [0.25, 0.3) is 0 Å². The van der Waals surface area contributed by atoms with Crippen LogP contribution in [-0.4, -0.2) is 28.5 Å². The molecule has 0 spiro atoms. The quantitative estimate of drug-likeness (QED) is 0.852. The molecule has 1 aliphatic rings. The highest BCUT2D eigenvalue weighted by atomic mass is 19.1. The van der Waals surface area contributed by atoms with Gasteiger partial charge in [-0.2, -0.15) is 5.10 Å². The fraction of sp³-hybridized carbons (Fsp3) is 0.750. The van der Waals surface area contributed by atoms with Crippen LogP contribution in [0.1, 0.15) is 31.7 Å². The minimum Gasteiger partial charge on any atom is -0.317 e. The molecule has 16 heavy (non-hydrogen) atoms. The number of nitrogens with zero attached hydrogens (tertiary/aromatic N) is 2. The van der Waals surface area contributed by atoms with Gasteiger partial charge in [-0.3, -0.25) is 4.68 Å². The van der Waals surface area contributed by atoms with Crippen LogP contribution >= 0.6 is 0 Å². The molecule has 1 atom stereocenters. The second-order valence-electron chi connectivity index (χ2n) is 4.64. The Morgan fingerprint density at radius 1 is 1.50 bits per heavy atom. The maximum Gasteiger partial charge on any atom is 0.116 e. The Labute approximate surface area is 96.0 Å². The summed E-state index contributed by atoms with van der Waals surface area (Å²) >= 11 is 0. The second kappa shape index (κ2) is 4.95. The van der Waals surface area contributed by atoms with Gasteiger partial charge in [0.15, 0.2) is 0 Å². The van der Waals surface area contributed by atoms with Crippen molar-refractivity contribution < 1.29 is 4.39 Å². The Bertz CT molecular complexity index is 327. The third kappa shape index (κ3) is 2.82. The Morgan fingerprint density at radius 3 is 3.12 bits per heavy atom. The van der Waals surface area contributed by atoms with Gasteiger partial charge in [-0.1, -0.05) is 0 Å². The first-order chi connectivity index (χ1) is 7.72. The Hall–Kier alpha value is -0.900. The van der Waals surface area contributed by atoms with Gasteiger partial charge in [-0.25, -0.2) is 4.39 Å². The second-order valence-corrected chi connectivity index (χ2v) is 4.64. The van der Waals surface area contributed by atoms with Gasteiger partial charge in [0.25, 0.3) is 0 Å². The van der Waals surface area contributed by atoms with Crippen LogP contribution in [0.15, 0.2) is 12.4 Å². The summed E-state index contributed by atoms with van der Waals surface area (Å²) in [7, 11) is 0. The van der Waals surface area contributed by atoms with Crippen LogP contribution in [0.3, 0.4) is 0 Å². The van der Waals surface area contributed by atoms with Crippen LogP contribution in [0.2, 0.25) is 0 Å². The Kier molecular flexibility index (Phi) is 3.59. The lowest BCUT2D eigenvalue weighted by atomic mass is 9.91. The molecule has 0 saturated carbocycles.